The molecule has 0 atom stereocenters. The SMILES string of the molecule is Cc1cc(C2(O)CCC3(CCCC3)CC2)cs1. The third kappa shape index (κ3) is 2.06. The first kappa shape index (κ1) is 11.7. The van der Waals surface area contributed by atoms with Gasteiger partial charge in [-0.05, 0) is 67.9 Å². The molecule has 0 radical (unpaired) electrons. The lowest BCUT2D eigenvalue weighted by Crippen LogP contribution is -2.35. The number of hydrogen-bond acceptors (Lipinski definition) is 2. The van der Waals surface area contributed by atoms with Crippen LogP contribution >= 0.6 is 11.3 Å². The normalized spacial score (nSPS) is 26.5. The Balaban J connectivity index is 1.75. The van der Waals surface area contributed by atoms with Gasteiger partial charge in [0.1, 0.15) is 0 Å². The number of thiophene rings is 1. The van der Waals surface area contributed by atoms with Crippen LogP contribution in [0.1, 0.15) is 61.8 Å². The van der Waals surface area contributed by atoms with E-state index in [0.29, 0.717) is 5.41 Å². The molecule has 2 aliphatic rings. The zero-order valence-electron chi connectivity index (χ0n) is 10.7. The van der Waals surface area contributed by atoms with Crippen molar-refractivity contribution < 1.29 is 5.11 Å². The van der Waals surface area contributed by atoms with E-state index in [1.54, 1.807) is 11.3 Å². The quantitative estimate of drug-likeness (QED) is 0.784. The van der Waals surface area contributed by atoms with Crippen molar-refractivity contribution in [2.75, 3.05) is 0 Å². The van der Waals surface area contributed by atoms with Crippen LogP contribution in [0.5, 0.6) is 0 Å². The lowest BCUT2D eigenvalue weighted by molar-refractivity contribution is -0.0373. The standard InChI is InChI=1S/C15H22OS/c1-12-10-13(11-17-12)15(16)8-6-14(7-9-15)4-2-3-5-14/h10-11,16H,2-9H2,1H3. The minimum atomic E-state index is -0.515. The van der Waals surface area contributed by atoms with Gasteiger partial charge in [-0.1, -0.05) is 12.8 Å². The Morgan fingerprint density at radius 2 is 1.71 bits per heavy atom. The summed E-state index contributed by atoms with van der Waals surface area (Å²) in [6.07, 6.45) is 10.1. The van der Waals surface area contributed by atoms with Gasteiger partial charge in [-0.25, -0.2) is 0 Å². The highest BCUT2D eigenvalue weighted by atomic mass is 32.1. The molecule has 0 amide bonds. The summed E-state index contributed by atoms with van der Waals surface area (Å²) in [5.74, 6) is 0. The number of rotatable bonds is 1. The highest BCUT2D eigenvalue weighted by molar-refractivity contribution is 7.10. The van der Waals surface area contributed by atoms with Gasteiger partial charge in [0.25, 0.3) is 0 Å². The molecule has 2 heteroatoms. The monoisotopic (exact) mass is 250 g/mol. The maximum atomic E-state index is 10.8. The third-order valence-corrected chi connectivity index (χ3v) is 5.93. The van der Waals surface area contributed by atoms with Crippen LogP contribution in [0.2, 0.25) is 0 Å². The van der Waals surface area contributed by atoms with Crippen LogP contribution in [0.4, 0.5) is 0 Å². The van der Waals surface area contributed by atoms with Gasteiger partial charge in [0.15, 0.2) is 0 Å². The van der Waals surface area contributed by atoms with E-state index in [-0.39, 0.29) is 0 Å². The zero-order valence-corrected chi connectivity index (χ0v) is 11.5. The van der Waals surface area contributed by atoms with E-state index in [1.165, 1.54) is 49.0 Å². The van der Waals surface area contributed by atoms with Crippen molar-refractivity contribution in [3.8, 4) is 0 Å². The molecule has 0 bridgehead atoms. The summed E-state index contributed by atoms with van der Waals surface area (Å²) in [6.45, 7) is 2.12. The first-order chi connectivity index (χ1) is 8.12. The van der Waals surface area contributed by atoms with Crippen molar-refractivity contribution in [1.82, 2.24) is 0 Å². The fourth-order valence-electron chi connectivity index (χ4n) is 3.80. The van der Waals surface area contributed by atoms with E-state index in [1.807, 2.05) is 0 Å². The predicted octanol–water partition coefficient (Wildman–Crippen LogP) is 4.38. The molecule has 94 valence electrons. The van der Waals surface area contributed by atoms with Crippen molar-refractivity contribution in [2.45, 2.75) is 63.9 Å². The Bertz CT molecular complexity index is 391. The zero-order chi connectivity index (χ0) is 11.9. The Labute approximate surface area is 108 Å². The molecular weight excluding hydrogens is 228 g/mol. The van der Waals surface area contributed by atoms with Gasteiger partial charge in [-0.15, -0.1) is 11.3 Å². The first-order valence-electron chi connectivity index (χ1n) is 6.90. The average molecular weight is 250 g/mol. The fraction of sp³-hybridized carbons (Fsp3) is 0.733. The molecule has 1 nitrogen and oxygen atoms in total. The topological polar surface area (TPSA) is 20.2 Å². The smallest absolute Gasteiger partial charge is 0.0905 e. The average Bonchev–Trinajstić information content (AvgIpc) is 2.94. The Hall–Kier alpha value is -0.340. The van der Waals surface area contributed by atoms with E-state index in [9.17, 15) is 5.11 Å². The molecule has 0 saturated heterocycles. The van der Waals surface area contributed by atoms with Gasteiger partial charge in [0, 0.05) is 4.88 Å². The van der Waals surface area contributed by atoms with Crippen molar-refractivity contribution in [1.29, 1.82) is 0 Å². The van der Waals surface area contributed by atoms with Crippen LogP contribution in [0.3, 0.4) is 0 Å². The molecule has 2 fully saturated rings. The summed E-state index contributed by atoms with van der Waals surface area (Å²) in [5.41, 5.74) is 1.27. The van der Waals surface area contributed by atoms with Gasteiger partial charge in [0.05, 0.1) is 5.60 Å². The second-order valence-corrected chi connectivity index (χ2v) is 7.30. The molecule has 2 aliphatic carbocycles. The summed E-state index contributed by atoms with van der Waals surface area (Å²) >= 11 is 1.76. The minimum Gasteiger partial charge on any atom is -0.385 e. The Kier molecular flexibility index (Phi) is 2.83. The predicted molar refractivity (Wildman–Crippen MR) is 72.3 cm³/mol. The number of aryl methyl sites for hydroxylation is 1. The molecule has 0 aromatic carbocycles. The van der Waals surface area contributed by atoms with Gasteiger partial charge in [-0.3, -0.25) is 0 Å². The van der Waals surface area contributed by atoms with Crippen LogP contribution in [-0.2, 0) is 5.60 Å². The highest BCUT2D eigenvalue weighted by Crippen LogP contribution is 2.53. The molecule has 1 aromatic rings. The largest absolute Gasteiger partial charge is 0.385 e. The van der Waals surface area contributed by atoms with Crippen molar-refractivity contribution >= 4 is 11.3 Å². The summed E-state index contributed by atoms with van der Waals surface area (Å²) in [7, 11) is 0. The molecule has 0 unspecified atom stereocenters. The second kappa shape index (κ2) is 4.10. The van der Waals surface area contributed by atoms with Crippen molar-refractivity contribution in [3.05, 3.63) is 21.9 Å². The van der Waals surface area contributed by atoms with Gasteiger partial charge in [-0.2, -0.15) is 0 Å². The lowest BCUT2D eigenvalue weighted by Gasteiger charge is -2.42. The lowest BCUT2D eigenvalue weighted by atomic mass is 9.66. The summed E-state index contributed by atoms with van der Waals surface area (Å²) in [5, 5.41) is 13.0. The number of hydrogen-bond donors (Lipinski definition) is 1. The summed E-state index contributed by atoms with van der Waals surface area (Å²) in [4.78, 5) is 1.31. The molecule has 1 spiro atoms. The molecule has 0 aliphatic heterocycles. The van der Waals surface area contributed by atoms with Crippen molar-refractivity contribution in [3.63, 3.8) is 0 Å². The molecule has 3 rings (SSSR count). The maximum Gasteiger partial charge on any atom is 0.0905 e. The fourth-order valence-corrected chi connectivity index (χ4v) is 4.59. The minimum absolute atomic E-state index is 0.515. The maximum absolute atomic E-state index is 10.8. The van der Waals surface area contributed by atoms with Crippen LogP contribution in [0, 0.1) is 12.3 Å². The Morgan fingerprint density at radius 3 is 2.24 bits per heavy atom. The highest BCUT2D eigenvalue weighted by Gasteiger charge is 2.43. The molecule has 1 heterocycles. The molecule has 17 heavy (non-hydrogen) atoms. The first-order valence-corrected chi connectivity index (χ1v) is 7.78. The van der Waals surface area contributed by atoms with E-state index in [0.717, 1.165) is 12.8 Å². The molecular formula is C15H22OS. The second-order valence-electron chi connectivity index (χ2n) is 6.18. The van der Waals surface area contributed by atoms with Gasteiger partial charge in [0.2, 0.25) is 0 Å². The molecule has 2 saturated carbocycles. The third-order valence-electron chi connectivity index (χ3n) is 5.07. The summed E-state index contributed by atoms with van der Waals surface area (Å²) in [6, 6.07) is 2.18. The van der Waals surface area contributed by atoms with E-state index in [2.05, 4.69) is 18.4 Å². The molecule has 1 aromatic heterocycles. The van der Waals surface area contributed by atoms with Gasteiger partial charge >= 0.3 is 0 Å². The number of aliphatic hydroxyl groups is 1. The molecule has 1 N–H and O–H groups in total. The van der Waals surface area contributed by atoms with Crippen LogP contribution in [0.25, 0.3) is 0 Å². The van der Waals surface area contributed by atoms with Gasteiger partial charge < -0.3 is 5.11 Å². The Morgan fingerprint density at radius 1 is 1.06 bits per heavy atom. The van der Waals surface area contributed by atoms with E-state index >= 15 is 0 Å². The van der Waals surface area contributed by atoms with E-state index in [4.69, 9.17) is 0 Å². The summed E-state index contributed by atoms with van der Waals surface area (Å²) < 4.78 is 0. The van der Waals surface area contributed by atoms with Crippen molar-refractivity contribution in [2.24, 2.45) is 5.41 Å². The van der Waals surface area contributed by atoms with E-state index < -0.39 is 5.60 Å². The van der Waals surface area contributed by atoms with Crippen LogP contribution in [0.15, 0.2) is 11.4 Å². The van der Waals surface area contributed by atoms with Crippen LogP contribution < -0.4 is 0 Å². The van der Waals surface area contributed by atoms with Crippen LogP contribution in [-0.4, -0.2) is 5.11 Å².